The van der Waals surface area contributed by atoms with E-state index >= 15 is 0 Å². The molecule has 0 saturated heterocycles. The van der Waals surface area contributed by atoms with E-state index in [1.165, 1.54) is 5.56 Å². The zero-order valence-electron chi connectivity index (χ0n) is 17.2. The van der Waals surface area contributed by atoms with Crippen molar-refractivity contribution in [3.63, 3.8) is 0 Å². The first-order valence-electron chi connectivity index (χ1n) is 9.21. The number of nitrogens with one attached hydrogen (secondary N) is 2. The molecule has 2 N–H and O–H groups in total. The van der Waals surface area contributed by atoms with E-state index in [-0.39, 0.29) is 28.7 Å². The number of guanidine groups is 1. The molecule has 0 amide bonds. The summed E-state index contributed by atoms with van der Waals surface area (Å²) in [6.45, 7) is 11.8. The van der Waals surface area contributed by atoms with Gasteiger partial charge in [-0.3, -0.25) is 4.21 Å². The molecule has 1 heterocycles. The number of rotatable bonds is 7. The minimum Gasteiger partial charge on any atom is -0.444 e. The van der Waals surface area contributed by atoms with Crippen molar-refractivity contribution in [3.8, 4) is 11.5 Å². The standard InChI is InChI=1S/C20H30N4O2S.HI/c1-6-21-19(22-11-12-27(25)20(3,4)5)23-13-17-14-26-18(24-17)16-9-7-15(2)8-10-16;/h7-10,14H,6,11-13H2,1-5H3,(H2,21,22,23);1H. The number of hydrogen-bond donors (Lipinski definition) is 2. The average molecular weight is 518 g/mol. The maximum absolute atomic E-state index is 12.1. The quantitative estimate of drug-likeness (QED) is 0.331. The van der Waals surface area contributed by atoms with Crippen molar-refractivity contribution < 1.29 is 8.63 Å². The molecular weight excluding hydrogens is 487 g/mol. The molecule has 2 aromatic rings. The molecule has 0 spiro atoms. The van der Waals surface area contributed by atoms with E-state index in [2.05, 4.69) is 20.6 Å². The van der Waals surface area contributed by atoms with Crippen LogP contribution < -0.4 is 10.6 Å². The highest BCUT2D eigenvalue weighted by Gasteiger charge is 2.18. The van der Waals surface area contributed by atoms with Gasteiger partial charge in [-0.1, -0.05) is 17.7 Å². The highest BCUT2D eigenvalue weighted by molar-refractivity contribution is 14.0. The lowest BCUT2D eigenvalue weighted by atomic mass is 10.1. The van der Waals surface area contributed by atoms with Crippen LogP contribution in [0.2, 0.25) is 0 Å². The third-order valence-corrected chi connectivity index (χ3v) is 5.80. The molecular formula is C20H31IN4O2S. The second kappa shape index (κ2) is 11.5. The fourth-order valence-corrected chi connectivity index (χ4v) is 3.18. The minimum absolute atomic E-state index is 0. The van der Waals surface area contributed by atoms with Crippen molar-refractivity contribution in [3.05, 3.63) is 41.8 Å². The molecule has 0 saturated carbocycles. The number of oxazole rings is 1. The molecule has 156 valence electrons. The van der Waals surface area contributed by atoms with Gasteiger partial charge in [0.1, 0.15) is 12.0 Å². The molecule has 0 aliphatic carbocycles. The smallest absolute Gasteiger partial charge is 0.226 e. The first kappa shape index (κ1) is 24.6. The van der Waals surface area contributed by atoms with E-state index in [1.807, 2.05) is 58.9 Å². The summed E-state index contributed by atoms with van der Waals surface area (Å²) in [5.74, 6) is 1.86. The summed E-state index contributed by atoms with van der Waals surface area (Å²) in [6.07, 6.45) is 1.64. The van der Waals surface area contributed by atoms with Gasteiger partial charge in [0, 0.05) is 40.0 Å². The van der Waals surface area contributed by atoms with Crippen molar-refractivity contribution in [1.29, 1.82) is 0 Å². The predicted octanol–water partition coefficient (Wildman–Crippen LogP) is 3.87. The molecule has 1 aromatic carbocycles. The summed E-state index contributed by atoms with van der Waals surface area (Å²) in [5, 5.41) is 6.42. The van der Waals surface area contributed by atoms with Gasteiger partial charge in [-0.05, 0) is 46.8 Å². The van der Waals surface area contributed by atoms with Gasteiger partial charge in [0.25, 0.3) is 0 Å². The fourth-order valence-electron chi connectivity index (χ4n) is 2.28. The Kier molecular flexibility index (Phi) is 10.2. The van der Waals surface area contributed by atoms with Crippen LogP contribution >= 0.6 is 24.0 Å². The molecule has 8 heteroatoms. The Hall–Kier alpha value is -1.42. The van der Waals surface area contributed by atoms with Crippen LogP contribution in [0.3, 0.4) is 0 Å². The number of aliphatic imine (C=N–C) groups is 1. The Balaban J connectivity index is 0.00000392. The third kappa shape index (κ3) is 7.90. The van der Waals surface area contributed by atoms with Crippen LogP contribution in [-0.4, -0.2) is 38.7 Å². The lowest BCUT2D eigenvalue weighted by molar-refractivity contribution is 0.572. The number of halogens is 1. The van der Waals surface area contributed by atoms with Crippen molar-refractivity contribution in [2.45, 2.75) is 45.9 Å². The normalized spacial score (nSPS) is 13.0. The number of benzene rings is 1. The SMILES string of the molecule is CCNC(=NCc1coc(-c2ccc(C)cc2)n1)NCCS(=O)C(C)(C)C.I. The van der Waals surface area contributed by atoms with Crippen LogP contribution in [0.1, 0.15) is 39.0 Å². The first-order valence-corrected chi connectivity index (χ1v) is 10.5. The molecule has 2 rings (SSSR count). The van der Waals surface area contributed by atoms with E-state index in [1.54, 1.807) is 6.26 Å². The van der Waals surface area contributed by atoms with Crippen LogP contribution in [0.4, 0.5) is 0 Å². The molecule has 0 aliphatic rings. The number of aromatic nitrogens is 1. The number of aryl methyl sites for hydroxylation is 1. The van der Waals surface area contributed by atoms with E-state index in [4.69, 9.17) is 4.42 Å². The Morgan fingerprint density at radius 1 is 1.21 bits per heavy atom. The van der Waals surface area contributed by atoms with Crippen LogP contribution in [0.25, 0.3) is 11.5 Å². The van der Waals surface area contributed by atoms with Gasteiger partial charge in [-0.25, -0.2) is 9.98 Å². The second-order valence-electron chi connectivity index (χ2n) is 7.29. The minimum atomic E-state index is -0.890. The lowest BCUT2D eigenvalue weighted by Gasteiger charge is -2.18. The Morgan fingerprint density at radius 2 is 1.89 bits per heavy atom. The number of hydrogen-bond acceptors (Lipinski definition) is 4. The molecule has 1 atom stereocenters. The zero-order chi connectivity index (χ0) is 19.9. The zero-order valence-corrected chi connectivity index (χ0v) is 20.4. The highest BCUT2D eigenvalue weighted by Crippen LogP contribution is 2.19. The molecule has 1 aromatic heterocycles. The van der Waals surface area contributed by atoms with Gasteiger partial charge < -0.3 is 15.1 Å². The summed E-state index contributed by atoms with van der Waals surface area (Å²) in [4.78, 5) is 9.04. The predicted molar refractivity (Wildman–Crippen MR) is 128 cm³/mol. The fraction of sp³-hybridized carbons (Fsp3) is 0.500. The summed E-state index contributed by atoms with van der Waals surface area (Å²) in [5.41, 5.74) is 2.91. The van der Waals surface area contributed by atoms with Crippen LogP contribution in [0.5, 0.6) is 0 Å². The van der Waals surface area contributed by atoms with Gasteiger partial charge in [0.05, 0.1) is 6.54 Å². The maximum Gasteiger partial charge on any atom is 0.226 e. The third-order valence-electron chi connectivity index (χ3n) is 3.86. The van der Waals surface area contributed by atoms with Crippen molar-refractivity contribution >= 4 is 40.7 Å². The van der Waals surface area contributed by atoms with Crippen molar-refractivity contribution in [2.75, 3.05) is 18.8 Å². The molecule has 0 fully saturated rings. The van der Waals surface area contributed by atoms with Gasteiger partial charge in [-0.15, -0.1) is 24.0 Å². The van der Waals surface area contributed by atoms with E-state index in [9.17, 15) is 4.21 Å². The van der Waals surface area contributed by atoms with Gasteiger partial charge in [0.15, 0.2) is 5.96 Å². The summed E-state index contributed by atoms with van der Waals surface area (Å²) in [6, 6.07) is 8.06. The van der Waals surface area contributed by atoms with E-state index in [0.717, 1.165) is 17.8 Å². The van der Waals surface area contributed by atoms with Crippen molar-refractivity contribution in [1.82, 2.24) is 15.6 Å². The van der Waals surface area contributed by atoms with Crippen molar-refractivity contribution in [2.24, 2.45) is 4.99 Å². The summed E-state index contributed by atoms with van der Waals surface area (Å²) in [7, 11) is -0.890. The van der Waals surface area contributed by atoms with Crippen LogP contribution in [-0.2, 0) is 17.3 Å². The van der Waals surface area contributed by atoms with Crippen LogP contribution in [0, 0.1) is 6.92 Å². The largest absolute Gasteiger partial charge is 0.444 e. The van der Waals surface area contributed by atoms with Gasteiger partial charge >= 0.3 is 0 Å². The Bertz CT molecular complexity index is 782. The molecule has 0 radical (unpaired) electrons. The Morgan fingerprint density at radius 3 is 2.50 bits per heavy atom. The molecule has 1 unspecified atom stereocenters. The second-order valence-corrected chi connectivity index (χ2v) is 9.62. The average Bonchev–Trinajstić information content (AvgIpc) is 3.08. The lowest BCUT2D eigenvalue weighted by Crippen LogP contribution is -2.40. The molecule has 6 nitrogen and oxygen atoms in total. The first-order chi connectivity index (χ1) is 12.8. The van der Waals surface area contributed by atoms with Crippen LogP contribution in [0.15, 0.2) is 39.9 Å². The molecule has 0 aliphatic heterocycles. The highest BCUT2D eigenvalue weighted by atomic mass is 127. The van der Waals surface area contributed by atoms with E-state index < -0.39 is 10.8 Å². The number of nitrogens with zero attached hydrogens (tertiary/aromatic N) is 2. The monoisotopic (exact) mass is 518 g/mol. The molecule has 28 heavy (non-hydrogen) atoms. The Labute approximate surface area is 187 Å². The molecule has 0 bridgehead atoms. The summed E-state index contributed by atoms with van der Waals surface area (Å²) < 4.78 is 17.5. The van der Waals surface area contributed by atoms with Gasteiger partial charge in [0.2, 0.25) is 5.89 Å². The summed E-state index contributed by atoms with van der Waals surface area (Å²) >= 11 is 0. The maximum atomic E-state index is 12.1. The topological polar surface area (TPSA) is 79.5 Å². The van der Waals surface area contributed by atoms with E-state index in [0.29, 0.717) is 30.7 Å². The van der Waals surface area contributed by atoms with Gasteiger partial charge in [-0.2, -0.15) is 0 Å².